The molecule has 0 saturated carbocycles. The number of rotatable bonds is 4. The number of carbonyl (C=O) groups is 1. The number of aryl methyl sites for hydroxylation is 2. The van der Waals surface area contributed by atoms with Gasteiger partial charge in [-0.25, -0.2) is 0 Å². The van der Waals surface area contributed by atoms with Crippen molar-refractivity contribution in [2.45, 2.75) is 33.6 Å². The Hall–Kier alpha value is -1.83. The van der Waals surface area contributed by atoms with Gasteiger partial charge in [0.1, 0.15) is 5.76 Å². The maximum Gasteiger partial charge on any atom is 0.197 e. The Morgan fingerprint density at radius 2 is 1.94 bits per heavy atom. The van der Waals surface area contributed by atoms with E-state index in [1.165, 1.54) is 11.1 Å². The normalized spacial score (nSPS) is 10.6. The highest BCUT2D eigenvalue weighted by atomic mass is 16.3. The van der Waals surface area contributed by atoms with Gasteiger partial charge in [-0.15, -0.1) is 0 Å². The lowest BCUT2D eigenvalue weighted by molar-refractivity contribution is 0.0962. The summed E-state index contributed by atoms with van der Waals surface area (Å²) in [7, 11) is 0. The molecule has 1 heterocycles. The van der Waals surface area contributed by atoms with Crippen molar-refractivity contribution < 1.29 is 9.21 Å². The van der Waals surface area contributed by atoms with E-state index in [1.54, 1.807) is 6.07 Å². The van der Waals surface area contributed by atoms with E-state index in [9.17, 15) is 4.79 Å². The fourth-order valence-electron chi connectivity index (χ4n) is 2.06. The summed E-state index contributed by atoms with van der Waals surface area (Å²) in [5.74, 6) is 1.26. The van der Waals surface area contributed by atoms with Crippen molar-refractivity contribution in [1.82, 2.24) is 0 Å². The van der Waals surface area contributed by atoms with E-state index in [1.807, 2.05) is 19.1 Å². The van der Waals surface area contributed by atoms with Crippen molar-refractivity contribution in [3.05, 3.63) is 47.2 Å². The molecule has 0 N–H and O–H groups in total. The van der Waals surface area contributed by atoms with Crippen LogP contribution in [0.25, 0.3) is 11.3 Å². The van der Waals surface area contributed by atoms with Gasteiger partial charge in [-0.3, -0.25) is 4.79 Å². The molecule has 0 radical (unpaired) electrons. The highest BCUT2D eigenvalue weighted by Crippen LogP contribution is 2.25. The Kier molecular flexibility index (Phi) is 3.66. The first-order valence-electron chi connectivity index (χ1n) is 6.38. The van der Waals surface area contributed by atoms with Crippen LogP contribution in [0.2, 0.25) is 0 Å². The number of furan rings is 1. The van der Waals surface area contributed by atoms with Gasteiger partial charge in [0.25, 0.3) is 0 Å². The Morgan fingerprint density at radius 3 is 2.56 bits per heavy atom. The third-order valence-corrected chi connectivity index (χ3v) is 3.21. The SMILES string of the molecule is CCC(=O)c1ccc(-c2ccc(CC)c(C)c2)o1. The van der Waals surface area contributed by atoms with Crippen molar-refractivity contribution in [2.75, 3.05) is 0 Å². The van der Waals surface area contributed by atoms with E-state index in [0.717, 1.165) is 17.7 Å². The van der Waals surface area contributed by atoms with Crippen LogP contribution in [-0.4, -0.2) is 5.78 Å². The molecule has 0 amide bonds. The molecule has 0 unspecified atom stereocenters. The van der Waals surface area contributed by atoms with Gasteiger partial charge in [-0.05, 0) is 42.7 Å². The molecular weight excluding hydrogens is 224 g/mol. The largest absolute Gasteiger partial charge is 0.453 e. The van der Waals surface area contributed by atoms with Crippen LogP contribution in [-0.2, 0) is 6.42 Å². The summed E-state index contributed by atoms with van der Waals surface area (Å²) in [6, 6.07) is 9.89. The van der Waals surface area contributed by atoms with Crippen molar-refractivity contribution >= 4 is 5.78 Å². The molecule has 2 aromatic rings. The molecule has 0 aliphatic carbocycles. The second-order valence-electron chi connectivity index (χ2n) is 4.44. The maximum absolute atomic E-state index is 11.5. The van der Waals surface area contributed by atoms with Gasteiger partial charge < -0.3 is 4.42 Å². The number of hydrogen-bond donors (Lipinski definition) is 0. The number of Topliss-reactive ketones (excluding diaryl/α,β-unsaturated/α-hetero) is 1. The van der Waals surface area contributed by atoms with Crippen molar-refractivity contribution in [2.24, 2.45) is 0 Å². The van der Waals surface area contributed by atoms with Crippen LogP contribution in [0, 0.1) is 6.92 Å². The summed E-state index contributed by atoms with van der Waals surface area (Å²) in [6.45, 7) is 6.08. The lowest BCUT2D eigenvalue weighted by Gasteiger charge is -2.04. The molecule has 0 spiro atoms. The van der Waals surface area contributed by atoms with Crippen LogP contribution < -0.4 is 0 Å². The molecular formula is C16H18O2. The van der Waals surface area contributed by atoms with E-state index in [-0.39, 0.29) is 5.78 Å². The standard InChI is InChI=1S/C16H18O2/c1-4-12-6-7-13(10-11(12)3)15-8-9-16(18-15)14(17)5-2/h6-10H,4-5H2,1-3H3. The first kappa shape index (κ1) is 12.6. The summed E-state index contributed by atoms with van der Waals surface area (Å²) < 4.78 is 5.60. The fourth-order valence-corrected chi connectivity index (χ4v) is 2.06. The minimum atomic E-state index is 0.0446. The van der Waals surface area contributed by atoms with Gasteiger partial charge in [0.15, 0.2) is 11.5 Å². The topological polar surface area (TPSA) is 30.2 Å². The van der Waals surface area contributed by atoms with Crippen LogP contribution in [0.1, 0.15) is 41.9 Å². The van der Waals surface area contributed by atoms with Crippen molar-refractivity contribution in [3.8, 4) is 11.3 Å². The zero-order chi connectivity index (χ0) is 13.1. The molecule has 0 bridgehead atoms. The predicted octanol–water partition coefficient (Wildman–Crippen LogP) is 4.41. The fraction of sp³-hybridized carbons (Fsp3) is 0.312. The minimum Gasteiger partial charge on any atom is -0.453 e. The monoisotopic (exact) mass is 242 g/mol. The Bertz CT molecular complexity index is 564. The van der Waals surface area contributed by atoms with E-state index >= 15 is 0 Å². The summed E-state index contributed by atoms with van der Waals surface area (Å²) in [6.07, 6.45) is 1.50. The lowest BCUT2D eigenvalue weighted by atomic mass is 10.0. The van der Waals surface area contributed by atoms with Gasteiger partial charge in [-0.1, -0.05) is 26.0 Å². The molecule has 0 atom stereocenters. The highest BCUT2D eigenvalue weighted by Gasteiger charge is 2.10. The van der Waals surface area contributed by atoms with Gasteiger partial charge >= 0.3 is 0 Å². The molecule has 94 valence electrons. The molecule has 0 aliphatic rings. The smallest absolute Gasteiger partial charge is 0.197 e. The Labute approximate surface area is 108 Å². The molecule has 2 nitrogen and oxygen atoms in total. The van der Waals surface area contributed by atoms with Crippen LogP contribution in [0.3, 0.4) is 0 Å². The van der Waals surface area contributed by atoms with Crippen LogP contribution in [0.4, 0.5) is 0 Å². The molecule has 0 fully saturated rings. The molecule has 1 aromatic heterocycles. The zero-order valence-corrected chi connectivity index (χ0v) is 11.1. The van der Waals surface area contributed by atoms with E-state index in [2.05, 4.69) is 26.0 Å². The lowest BCUT2D eigenvalue weighted by Crippen LogP contribution is -1.92. The number of ketones is 1. The summed E-state index contributed by atoms with van der Waals surface area (Å²) in [4.78, 5) is 11.5. The zero-order valence-electron chi connectivity index (χ0n) is 11.1. The first-order valence-corrected chi connectivity index (χ1v) is 6.38. The molecule has 2 rings (SSSR count). The van der Waals surface area contributed by atoms with E-state index < -0.39 is 0 Å². The number of benzene rings is 1. The predicted molar refractivity (Wildman–Crippen MR) is 72.9 cm³/mol. The summed E-state index contributed by atoms with van der Waals surface area (Å²) in [5, 5.41) is 0. The second-order valence-corrected chi connectivity index (χ2v) is 4.44. The second kappa shape index (κ2) is 5.21. The molecule has 0 aliphatic heterocycles. The van der Waals surface area contributed by atoms with Crippen LogP contribution in [0.15, 0.2) is 34.7 Å². The minimum absolute atomic E-state index is 0.0446. The highest BCUT2D eigenvalue weighted by molar-refractivity contribution is 5.93. The van der Waals surface area contributed by atoms with Crippen molar-refractivity contribution in [3.63, 3.8) is 0 Å². The molecule has 2 heteroatoms. The average molecular weight is 242 g/mol. The Morgan fingerprint density at radius 1 is 1.17 bits per heavy atom. The van der Waals surface area contributed by atoms with Crippen LogP contribution >= 0.6 is 0 Å². The third kappa shape index (κ3) is 2.37. The number of hydrogen-bond acceptors (Lipinski definition) is 2. The number of carbonyl (C=O) groups excluding carboxylic acids is 1. The summed E-state index contributed by atoms with van der Waals surface area (Å²) >= 11 is 0. The van der Waals surface area contributed by atoms with E-state index in [4.69, 9.17) is 4.42 Å². The van der Waals surface area contributed by atoms with E-state index in [0.29, 0.717) is 12.2 Å². The molecule has 0 saturated heterocycles. The average Bonchev–Trinajstić information content (AvgIpc) is 2.87. The van der Waals surface area contributed by atoms with Gasteiger partial charge in [0.2, 0.25) is 0 Å². The van der Waals surface area contributed by atoms with Gasteiger partial charge in [-0.2, -0.15) is 0 Å². The quantitative estimate of drug-likeness (QED) is 0.743. The molecule has 1 aromatic carbocycles. The van der Waals surface area contributed by atoms with Gasteiger partial charge in [0, 0.05) is 12.0 Å². The summed E-state index contributed by atoms with van der Waals surface area (Å²) in [5.41, 5.74) is 3.63. The van der Waals surface area contributed by atoms with Crippen molar-refractivity contribution in [1.29, 1.82) is 0 Å². The van der Waals surface area contributed by atoms with Gasteiger partial charge in [0.05, 0.1) is 0 Å². The Balaban J connectivity index is 2.34. The van der Waals surface area contributed by atoms with Crippen LogP contribution in [0.5, 0.6) is 0 Å². The maximum atomic E-state index is 11.5. The first-order chi connectivity index (χ1) is 8.65. The molecule has 18 heavy (non-hydrogen) atoms. The third-order valence-electron chi connectivity index (χ3n) is 3.21.